The minimum Gasteiger partial charge on any atom is -0.390 e. The Labute approximate surface area is 259 Å². The van der Waals surface area contributed by atoms with Gasteiger partial charge in [0.15, 0.2) is 0 Å². The number of likely N-dealkylation sites (N-methyl/N-ethyl adjacent to an activating group) is 1. The fourth-order valence-electron chi connectivity index (χ4n) is 6.13. The summed E-state index contributed by atoms with van der Waals surface area (Å²) in [6, 6.07) is 14.8. The van der Waals surface area contributed by atoms with Crippen LogP contribution in [0, 0.1) is 12.3 Å². The van der Waals surface area contributed by atoms with E-state index in [4.69, 9.17) is 0 Å². The largest absolute Gasteiger partial charge is 0.390 e. The van der Waals surface area contributed by atoms with Crippen LogP contribution in [0.4, 0.5) is 0 Å². The van der Waals surface area contributed by atoms with Crippen molar-refractivity contribution in [2.24, 2.45) is 5.41 Å². The Kier molecular flexibility index (Phi) is 11.3. The molecule has 2 aliphatic rings. The van der Waals surface area contributed by atoms with Gasteiger partial charge in [-0.1, -0.05) is 42.5 Å². The van der Waals surface area contributed by atoms with Crippen LogP contribution < -0.4 is 5.32 Å². The summed E-state index contributed by atoms with van der Waals surface area (Å²) in [7, 11) is 1.41. The molecule has 4 N–H and O–H groups in total. The zero-order valence-corrected chi connectivity index (χ0v) is 27.3. The monoisotopic (exact) mass is 613 g/mol. The third-order valence-electron chi connectivity index (χ3n) is 9.12. The second-order valence-electron chi connectivity index (χ2n) is 13.2. The van der Waals surface area contributed by atoms with Crippen LogP contribution in [0.15, 0.2) is 42.5 Å². The molecule has 0 radical (unpaired) electrons. The highest BCUT2D eigenvalue weighted by atomic mass is 32.2. The fourth-order valence-corrected chi connectivity index (χ4v) is 8.53. The van der Waals surface area contributed by atoms with Gasteiger partial charge in [0, 0.05) is 50.1 Å². The SMILES string of the molecule is Cc1ccc([C@H]2[C@H](O)[C@H](O)[C@H](O)C[SH]2C)cc1Cc1ccc(CCCC(=O)NCC(C)(C)C(=O)N2CCN(C)CC2)cc1. The number of hydrogen-bond acceptors (Lipinski definition) is 6. The van der Waals surface area contributed by atoms with Gasteiger partial charge in [-0.25, -0.2) is 10.9 Å². The molecule has 2 aliphatic heterocycles. The van der Waals surface area contributed by atoms with Crippen molar-refractivity contribution in [1.82, 2.24) is 15.1 Å². The number of thiol groups is 1. The Morgan fingerprint density at radius 2 is 1.63 bits per heavy atom. The Morgan fingerprint density at radius 1 is 0.977 bits per heavy atom. The number of piperazine rings is 1. The first-order valence-electron chi connectivity index (χ1n) is 15.5. The summed E-state index contributed by atoms with van der Waals surface area (Å²) in [6.07, 6.45) is 1.87. The molecular weight excluding hydrogens is 562 g/mol. The smallest absolute Gasteiger partial charge is 0.230 e. The Balaban J connectivity index is 1.25. The van der Waals surface area contributed by atoms with Crippen LogP contribution in [0.3, 0.4) is 0 Å². The summed E-state index contributed by atoms with van der Waals surface area (Å²) in [5.74, 6) is 0.606. The van der Waals surface area contributed by atoms with Crippen molar-refractivity contribution in [1.29, 1.82) is 0 Å². The van der Waals surface area contributed by atoms with Crippen molar-refractivity contribution in [3.05, 3.63) is 70.3 Å². The number of nitrogens with zero attached hydrogens (tertiary/aromatic N) is 2. The molecule has 4 rings (SSSR count). The average Bonchev–Trinajstić information content (AvgIpc) is 2.97. The molecule has 2 amide bonds. The van der Waals surface area contributed by atoms with E-state index < -0.39 is 34.6 Å². The van der Waals surface area contributed by atoms with Gasteiger partial charge in [-0.05, 0) is 81.2 Å². The summed E-state index contributed by atoms with van der Waals surface area (Å²) >= 11 is 0. The first-order chi connectivity index (χ1) is 20.4. The van der Waals surface area contributed by atoms with Crippen molar-refractivity contribution < 1.29 is 24.9 Å². The number of aliphatic hydroxyl groups is 3. The Hall–Kier alpha value is -2.43. The van der Waals surface area contributed by atoms with Gasteiger partial charge in [-0.2, -0.15) is 0 Å². The predicted molar refractivity (Wildman–Crippen MR) is 175 cm³/mol. The highest BCUT2D eigenvalue weighted by Crippen LogP contribution is 2.48. The Morgan fingerprint density at radius 3 is 2.30 bits per heavy atom. The molecule has 0 aliphatic carbocycles. The lowest BCUT2D eigenvalue weighted by Gasteiger charge is -2.42. The molecule has 9 heteroatoms. The highest BCUT2D eigenvalue weighted by molar-refractivity contribution is 8.16. The number of carbonyl (C=O) groups is 2. The zero-order valence-electron chi connectivity index (χ0n) is 26.4. The molecule has 2 aromatic carbocycles. The van der Waals surface area contributed by atoms with Crippen LogP contribution >= 0.6 is 10.9 Å². The van der Waals surface area contributed by atoms with Crippen LogP contribution in [0.2, 0.25) is 0 Å². The number of benzene rings is 2. The van der Waals surface area contributed by atoms with Crippen molar-refractivity contribution in [2.75, 3.05) is 51.8 Å². The number of hydrogen-bond donors (Lipinski definition) is 5. The van der Waals surface area contributed by atoms with E-state index in [9.17, 15) is 24.9 Å². The molecule has 0 aromatic heterocycles. The predicted octanol–water partition coefficient (Wildman–Crippen LogP) is 2.59. The summed E-state index contributed by atoms with van der Waals surface area (Å²) < 4.78 is 0. The van der Waals surface area contributed by atoms with Gasteiger partial charge in [0.05, 0.1) is 17.6 Å². The molecule has 238 valence electrons. The maximum atomic E-state index is 13.0. The van der Waals surface area contributed by atoms with Gasteiger partial charge in [0.1, 0.15) is 6.10 Å². The van der Waals surface area contributed by atoms with E-state index in [1.54, 1.807) is 0 Å². The number of aliphatic hydroxyl groups excluding tert-OH is 3. The number of rotatable bonds is 10. The lowest BCUT2D eigenvalue weighted by atomic mass is 9.91. The van der Waals surface area contributed by atoms with E-state index in [0.29, 0.717) is 18.7 Å². The van der Waals surface area contributed by atoms with Crippen LogP contribution in [0.5, 0.6) is 0 Å². The summed E-state index contributed by atoms with van der Waals surface area (Å²) in [6.45, 7) is 9.48. The normalized spacial score (nSPS) is 25.9. The molecule has 2 saturated heterocycles. The van der Waals surface area contributed by atoms with E-state index in [1.165, 1.54) is 22.3 Å². The Bertz CT molecular complexity index is 1250. The molecule has 0 bridgehead atoms. The van der Waals surface area contributed by atoms with Crippen molar-refractivity contribution >= 4 is 22.7 Å². The molecule has 8 nitrogen and oxygen atoms in total. The summed E-state index contributed by atoms with van der Waals surface area (Å²) in [5.41, 5.74) is 5.13. The van der Waals surface area contributed by atoms with Gasteiger partial charge < -0.3 is 30.4 Å². The highest BCUT2D eigenvalue weighted by Gasteiger charge is 2.40. The van der Waals surface area contributed by atoms with Crippen molar-refractivity contribution in [2.45, 2.75) is 70.0 Å². The van der Waals surface area contributed by atoms with E-state index in [1.807, 2.05) is 24.8 Å². The van der Waals surface area contributed by atoms with E-state index in [2.05, 4.69) is 66.8 Å². The van der Waals surface area contributed by atoms with Crippen LogP contribution in [0.25, 0.3) is 0 Å². The van der Waals surface area contributed by atoms with Crippen LogP contribution in [0.1, 0.15) is 59.8 Å². The van der Waals surface area contributed by atoms with Gasteiger partial charge in [0.25, 0.3) is 0 Å². The molecule has 0 spiro atoms. The van der Waals surface area contributed by atoms with Gasteiger partial charge in [-0.3, -0.25) is 9.59 Å². The van der Waals surface area contributed by atoms with E-state index in [0.717, 1.165) is 51.0 Å². The van der Waals surface area contributed by atoms with Crippen molar-refractivity contribution in [3.8, 4) is 0 Å². The van der Waals surface area contributed by atoms with Gasteiger partial charge >= 0.3 is 0 Å². The molecule has 2 aromatic rings. The van der Waals surface area contributed by atoms with Crippen LogP contribution in [-0.2, 0) is 22.4 Å². The number of aryl methyl sites for hydroxylation is 2. The average molecular weight is 614 g/mol. The molecule has 2 heterocycles. The molecule has 1 unspecified atom stereocenters. The van der Waals surface area contributed by atoms with Crippen LogP contribution in [-0.4, -0.2) is 107 Å². The third kappa shape index (κ3) is 8.60. The zero-order chi connectivity index (χ0) is 31.3. The molecule has 43 heavy (non-hydrogen) atoms. The lowest BCUT2D eigenvalue weighted by molar-refractivity contribution is -0.142. The second kappa shape index (κ2) is 14.6. The molecular formula is C34H51N3O5S. The maximum Gasteiger partial charge on any atom is 0.230 e. The van der Waals surface area contributed by atoms with E-state index in [-0.39, 0.29) is 17.1 Å². The minimum atomic E-state index is -1.12. The van der Waals surface area contributed by atoms with Gasteiger partial charge in [0.2, 0.25) is 11.8 Å². The van der Waals surface area contributed by atoms with Crippen molar-refractivity contribution in [3.63, 3.8) is 0 Å². The lowest BCUT2D eigenvalue weighted by Crippen LogP contribution is -2.53. The number of amides is 2. The standard InChI is InChI=1S/C34H51N3O5S/c1-23-9-14-26(32-31(41)30(40)28(38)21-43(32)5)20-27(23)19-25-12-10-24(11-13-25)7-6-8-29(39)35-22-34(2,3)33(42)37-17-15-36(4)16-18-37/h9-14,20,28,30-32,38,40-41,43H,6-8,15-19,21-22H2,1-5H3,(H,35,39)/t28-,30-,31-,32+/m1/s1. The summed E-state index contributed by atoms with van der Waals surface area (Å²) in [4.78, 5) is 29.6. The topological polar surface area (TPSA) is 113 Å². The summed E-state index contributed by atoms with van der Waals surface area (Å²) in [5, 5.41) is 33.9. The molecule has 2 fully saturated rings. The quantitative estimate of drug-likeness (QED) is 0.264. The first kappa shape index (κ1) is 33.5. The minimum absolute atomic E-state index is 0.0212. The number of carbonyl (C=O) groups excluding carboxylic acids is 2. The van der Waals surface area contributed by atoms with E-state index >= 15 is 0 Å². The molecule has 5 atom stereocenters. The number of nitrogens with one attached hydrogen (secondary N) is 1. The molecule has 0 saturated carbocycles. The first-order valence-corrected chi connectivity index (χ1v) is 17.6. The van der Waals surface area contributed by atoms with Gasteiger partial charge in [-0.15, -0.1) is 0 Å². The maximum absolute atomic E-state index is 13.0. The second-order valence-corrected chi connectivity index (χ2v) is 15.7. The fraction of sp³-hybridized carbons (Fsp3) is 0.588. The third-order valence-corrected chi connectivity index (χ3v) is 11.6.